The van der Waals surface area contributed by atoms with Gasteiger partial charge in [-0.1, -0.05) is 38.7 Å². The largest absolute Gasteiger partial charge is 0.507 e. The molecule has 0 atom stereocenters. The summed E-state index contributed by atoms with van der Waals surface area (Å²) < 4.78 is 59.5. The molecular weight excluding hydrogens is 609 g/mol. The molecule has 0 saturated carbocycles. The molecule has 1 aromatic carbocycles. The van der Waals surface area contributed by atoms with E-state index in [1.807, 2.05) is 20.8 Å². The first-order chi connectivity index (χ1) is 20.8. The molecule has 1 N–H and O–H groups in total. The highest BCUT2D eigenvalue weighted by Crippen LogP contribution is 2.41. The molecule has 230 valence electrons. The Morgan fingerprint density at radius 2 is 1.80 bits per heavy atom. The minimum atomic E-state index is -4.04. The van der Waals surface area contributed by atoms with Gasteiger partial charge in [-0.05, 0) is 48.7 Å². The number of pyridine rings is 3. The first-order valence-electron chi connectivity index (χ1n) is 13.9. The fraction of sp³-hybridized carbons (Fsp3) is 0.290. The molecule has 1 amide bonds. The predicted octanol–water partition coefficient (Wildman–Crippen LogP) is 5.47. The lowest BCUT2D eigenvalue weighted by atomic mass is 10.0. The molecule has 0 radical (unpaired) electrons. The van der Waals surface area contributed by atoms with Crippen molar-refractivity contribution in [2.75, 3.05) is 37.3 Å². The molecule has 1 saturated heterocycles. The van der Waals surface area contributed by atoms with Crippen LogP contribution < -0.4 is 4.90 Å². The molecule has 1 aliphatic rings. The zero-order valence-corrected chi connectivity index (χ0v) is 26.3. The molecule has 0 bridgehead atoms. The maximum absolute atomic E-state index is 16.1. The number of benzene rings is 1. The fourth-order valence-electron chi connectivity index (χ4n) is 5.59. The zero-order chi connectivity index (χ0) is 32.1. The lowest BCUT2D eigenvalue weighted by molar-refractivity contribution is -0.126. The van der Waals surface area contributed by atoms with E-state index in [4.69, 9.17) is 12.2 Å². The van der Waals surface area contributed by atoms with Crippen molar-refractivity contribution in [3.8, 4) is 22.7 Å². The number of fused-ring (bicyclic) bond motifs is 1. The van der Waals surface area contributed by atoms with Crippen LogP contribution in [-0.2, 0) is 14.6 Å². The molecular formula is C31H31F2N5O4S2. The van der Waals surface area contributed by atoms with Gasteiger partial charge in [0, 0.05) is 44.0 Å². The van der Waals surface area contributed by atoms with Crippen LogP contribution in [0.15, 0.2) is 54.1 Å². The van der Waals surface area contributed by atoms with Gasteiger partial charge in [0.2, 0.25) is 5.91 Å². The average Bonchev–Trinajstić information content (AvgIpc) is 2.96. The third-order valence-corrected chi connectivity index (χ3v) is 9.29. The molecule has 3 aromatic heterocycles. The van der Waals surface area contributed by atoms with Gasteiger partial charge in [0.25, 0.3) is 0 Å². The van der Waals surface area contributed by atoms with E-state index in [0.29, 0.717) is 16.9 Å². The highest BCUT2D eigenvalue weighted by molar-refractivity contribution is 7.91. The molecule has 0 spiro atoms. The number of hydrogen-bond donors (Lipinski definition) is 1. The van der Waals surface area contributed by atoms with Crippen LogP contribution in [0.5, 0.6) is 5.75 Å². The van der Waals surface area contributed by atoms with E-state index >= 15 is 8.78 Å². The number of sulfone groups is 1. The molecule has 44 heavy (non-hydrogen) atoms. The van der Waals surface area contributed by atoms with Gasteiger partial charge in [-0.2, -0.15) is 0 Å². The van der Waals surface area contributed by atoms with Gasteiger partial charge < -0.3 is 14.9 Å². The molecule has 1 aliphatic heterocycles. The van der Waals surface area contributed by atoms with Crippen LogP contribution in [0.3, 0.4) is 0 Å². The van der Waals surface area contributed by atoms with Crippen molar-refractivity contribution in [3.63, 3.8) is 0 Å². The number of hydrogen-bond acceptors (Lipinski definition) is 8. The molecule has 9 nitrogen and oxygen atoms in total. The number of nitrogens with zero attached hydrogens (tertiary/aromatic N) is 5. The third kappa shape index (κ3) is 5.34. The average molecular weight is 640 g/mol. The Labute approximate surface area is 259 Å². The van der Waals surface area contributed by atoms with Crippen molar-refractivity contribution in [2.45, 2.75) is 31.6 Å². The summed E-state index contributed by atoms with van der Waals surface area (Å²) in [5, 5.41) is 10.6. The van der Waals surface area contributed by atoms with Crippen LogP contribution in [0.1, 0.15) is 31.0 Å². The van der Waals surface area contributed by atoms with Crippen molar-refractivity contribution in [3.05, 3.63) is 76.7 Å². The number of aryl methyl sites for hydroxylation is 1. The Balaban J connectivity index is 1.96. The van der Waals surface area contributed by atoms with Gasteiger partial charge in [0.1, 0.15) is 32.4 Å². The number of amides is 1. The first kappa shape index (κ1) is 31.2. The van der Waals surface area contributed by atoms with Crippen LogP contribution in [-0.4, -0.2) is 71.3 Å². The maximum Gasteiger partial charge on any atom is 0.246 e. The second-order valence-electron chi connectivity index (χ2n) is 10.9. The van der Waals surface area contributed by atoms with E-state index in [9.17, 15) is 18.3 Å². The Bertz CT molecular complexity index is 1980. The highest BCUT2D eigenvalue weighted by Gasteiger charge is 2.32. The van der Waals surface area contributed by atoms with Crippen molar-refractivity contribution in [1.82, 2.24) is 19.4 Å². The summed E-state index contributed by atoms with van der Waals surface area (Å²) >= 11 is 5.93. The third-order valence-electron chi connectivity index (χ3n) is 7.64. The van der Waals surface area contributed by atoms with Gasteiger partial charge in [-0.15, -0.1) is 0 Å². The zero-order valence-electron chi connectivity index (χ0n) is 24.6. The number of aromatic hydroxyl groups is 1. The van der Waals surface area contributed by atoms with Crippen LogP contribution >= 0.6 is 12.2 Å². The lowest BCUT2D eigenvalue weighted by Crippen LogP contribution is -2.48. The number of anilines is 1. The van der Waals surface area contributed by atoms with Crippen LogP contribution in [0, 0.1) is 23.2 Å². The van der Waals surface area contributed by atoms with E-state index in [2.05, 4.69) is 16.5 Å². The van der Waals surface area contributed by atoms with Gasteiger partial charge in [-0.3, -0.25) is 14.3 Å². The molecule has 4 heterocycles. The summed E-state index contributed by atoms with van der Waals surface area (Å²) in [7, 11) is -4.04. The Kier molecular flexibility index (Phi) is 8.29. The van der Waals surface area contributed by atoms with Crippen molar-refractivity contribution in [1.29, 1.82) is 0 Å². The topological polar surface area (TPSA) is 109 Å². The Morgan fingerprint density at radius 3 is 2.39 bits per heavy atom. The second-order valence-corrected chi connectivity index (χ2v) is 13.3. The van der Waals surface area contributed by atoms with E-state index in [1.165, 1.54) is 22.8 Å². The van der Waals surface area contributed by atoms with Crippen LogP contribution in [0.4, 0.5) is 14.5 Å². The monoisotopic (exact) mass is 639 g/mol. The predicted molar refractivity (Wildman–Crippen MR) is 168 cm³/mol. The number of carbonyl (C=O) groups is 1. The van der Waals surface area contributed by atoms with E-state index in [1.54, 1.807) is 22.1 Å². The lowest BCUT2D eigenvalue weighted by Gasteiger charge is -2.37. The van der Waals surface area contributed by atoms with Crippen LogP contribution in [0.2, 0.25) is 0 Å². The summed E-state index contributed by atoms with van der Waals surface area (Å²) in [5.41, 5.74) is 1.04. The van der Waals surface area contributed by atoms with Crippen molar-refractivity contribution >= 4 is 44.7 Å². The van der Waals surface area contributed by atoms with Crippen LogP contribution in [0.25, 0.3) is 28.0 Å². The van der Waals surface area contributed by atoms with Gasteiger partial charge in [0.05, 0.1) is 22.6 Å². The number of phenols is 1. The molecule has 0 aliphatic carbocycles. The number of halogens is 2. The van der Waals surface area contributed by atoms with Gasteiger partial charge in [-0.25, -0.2) is 22.2 Å². The summed E-state index contributed by atoms with van der Waals surface area (Å²) in [6, 6.07) is 6.43. The molecule has 4 aromatic rings. The van der Waals surface area contributed by atoms with E-state index in [-0.39, 0.29) is 64.3 Å². The minimum absolute atomic E-state index is 0.0547. The SMILES string of the molecule is C=CC(=O)N1CCN(c2c(S(C)(=O)=O)c(=S)n(-c3c(C)ccnc3C(C)C)c3nc(-c4c(O)cccc4F)c(F)cc23)CC1. The number of piperazine rings is 1. The Morgan fingerprint density at radius 1 is 1.11 bits per heavy atom. The van der Waals surface area contributed by atoms with E-state index in [0.717, 1.165) is 18.4 Å². The quantitative estimate of drug-likeness (QED) is 0.219. The molecule has 1 fully saturated rings. The smallest absolute Gasteiger partial charge is 0.246 e. The number of rotatable bonds is 6. The van der Waals surface area contributed by atoms with Crippen molar-refractivity contribution < 1.29 is 27.1 Å². The fourth-order valence-corrected chi connectivity index (χ4v) is 7.32. The summed E-state index contributed by atoms with van der Waals surface area (Å²) in [5.74, 6) is -2.78. The second kappa shape index (κ2) is 11.7. The molecule has 0 unspecified atom stereocenters. The first-order valence-corrected chi connectivity index (χ1v) is 16.2. The summed E-state index contributed by atoms with van der Waals surface area (Å²) in [6.07, 6.45) is 3.87. The van der Waals surface area contributed by atoms with Gasteiger partial charge >= 0.3 is 0 Å². The number of carbonyl (C=O) groups excluding carboxylic acids is 1. The molecule has 13 heteroatoms. The number of aromatic nitrogens is 3. The minimum Gasteiger partial charge on any atom is -0.507 e. The standard InChI is InChI=1S/C31H31F2N5O4S2/c1-6-23(40)36-12-14-37(15-13-36)28-19-16-21(33)26(24-20(32)8-7-9-22(24)39)35-30(19)38(31(43)29(28)44(5,41)42)27-18(4)10-11-34-25(27)17(2)3/h6-11,16-17,39H,1,12-15H2,2-5H3. The normalized spacial score (nSPS) is 14.0. The van der Waals surface area contributed by atoms with Crippen molar-refractivity contribution in [2.24, 2.45) is 0 Å². The van der Waals surface area contributed by atoms with Gasteiger partial charge in [0.15, 0.2) is 15.7 Å². The molecule has 5 rings (SSSR count). The summed E-state index contributed by atoms with van der Waals surface area (Å²) in [6.45, 7) is 10.1. The van der Waals surface area contributed by atoms with E-state index < -0.39 is 38.5 Å². The Hall–Kier alpha value is -4.23. The number of phenolic OH excluding ortho intramolecular Hbond substituents is 1. The highest BCUT2D eigenvalue weighted by atomic mass is 32.2. The summed E-state index contributed by atoms with van der Waals surface area (Å²) in [4.78, 5) is 24.5. The maximum atomic E-state index is 16.1.